The molecular weight excluding hydrogens is 240 g/mol. The highest BCUT2D eigenvalue weighted by Crippen LogP contribution is 2.16. The Morgan fingerprint density at radius 3 is 2.61 bits per heavy atom. The maximum atomic E-state index is 10.8. The Labute approximate surface area is 104 Å². The van der Waals surface area contributed by atoms with Crippen LogP contribution in [-0.4, -0.2) is 37.7 Å². The molecule has 1 N–H and O–H groups in total. The van der Waals surface area contributed by atoms with Crippen LogP contribution < -0.4 is 10.1 Å². The molecule has 0 saturated carbocycles. The molecule has 1 aromatic carbocycles. The molecule has 7 heteroatoms. The van der Waals surface area contributed by atoms with Crippen molar-refractivity contribution in [2.45, 2.75) is 0 Å². The predicted octanol–water partition coefficient (Wildman–Crippen LogP) is 0.736. The minimum absolute atomic E-state index is 0.0196. The lowest BCUT2D eigenvalue weighted by atomic mass is 10.3. The van der Waals surface area contributed by atoms with Crippen molar-refractivity contribution >= 4 is 11.7 Å². The van der Waals surface area contributed by atoms with Gasteiger partial charge in [-0.15, -0.1) is 0 Å². The van der Waals surface area contributed by atoms with Gasteiger partial charge < -0.3 is 14.8 Å². The van der Waals surface area contributed by atoms with E-state index in [1.807, 2.05) is 0 Å². The van der Waals surface area contributed by atoms with Crippen LogP contribution in [0.3, 0.4) is 0 Å². The third-order valence-electron chi connectivity index (χ3n) is 2.09. The number of carbonyl (C=O) groups excluding carboxylic acids is 1. The maximum absolute atomic E-state index is 10.8. The summed E-state index contributed by atoms with van der Waals surface area (Å²) in [7, 11) is 1.32. The largest absolute Gasteiger partial charge is 0.492 e. The van der Waals surface area contributed by atoms with Gasteiger partial charge in [-0.3, -0.25) is 14.9 Å². The first kappa shape index (κ1) is 13.9. The third-order valence-corrected chi connectivity index (χ3v) is 2.09. The molecule has 0 aromatic heterocycles. The standard InChI is InChI=1S/C11H14N2O5/c1-17-11(14)8-12-6-7-18-10-4-2-9(3-5-10)13(15)16/h2-5,12H,6-8H2,1H3. The molecule has 0 saturated heterocycles. The normalized spacial score (nSPS) is 9.83. The fraction of sp³-hybridized carbons (Fsp3) is 0.364. The minimum atomic E-state index is -0.471. The molecule has 98 valence electrons. The Balaban J connectivity index is 2.23. The van der Waals surface area contributed by atoms with Crippen molar-refractivity contribution in [2.75, 3.05) is 26.8 Å². The van der Waals surface area contributed by atoms with Crippen molar-refractivity contribution in [2.24, 2.45) is 0 Å². The van der Waals surface area contributed by atoms with Crippen molar-refractivity contribution in [3.63, 3.8) is 0 Å². The van der Waals surface area contributed by atoms with Crippen molar-refractivity contribution in [1.82, 2.24) is 5.32 Å². The van der Waals surface area contributed by atoms with E-state index in [0.29, 0.717) is 18.9 Å². The number of carbonyl (C=O) groups is 1. The summed E-state index contributed by atoms with van der Waals surface area (Å²) in [5.74, 6) is 0.200. The number of esters is 1. The molecule has 1 rings (SSSR count). The van der Waals surface area contributed by atoms with Gasteiger partial charge in [0.15, 0.2) is 0 Å². The first-order valence-corrected chi connectivity index (χ1v) is 5.28. The number of methoxy groups -OCH3 is 1. The van der Waals surface area contributed by atoms with Gasteiger partial charge in [-0.05, 0) is 12.1 Å². The molecule has 0 amide bonds. The first-order chi connectivity index (χ1) is 8.63. The fourth-order valence-electron chi connectivity index (χ4n) is 1.17. The number of nitro benzene ring substituents is 1. The van der Waals surface area contributed by atoms with E-state index in [9.17, 15) is 14.9 Å². The van der Waals surface area contributed by atoms with Gasteiger partial charge in [0.05, 0.1) is 18.6 Å². The number of rotatable bonds is 7. The molecule has 0 aliphatic carbocycles. The van der Waals surface area contributed by atoms with Gasteiger partial charge in [-0.25, -0.2) is 0 Å². The summed E-state index contributed by atoms with van der Waals surface area (Å²) in [5.41, 5.74) is 0.0196. The number of benzene rings is 1. The lowest BCUT2D eigenvalue weighted by Gasteiger charge is -2.06. The highest BCUT2D eigenvalue weighted by molar-refractivity contribution is 5.71. The summed E-state index contributed by atoms with van der Waals surface area (Å²) in [5, 5.41) is 13.2. The van der Waals surface area contributed by atoms with Crippen LogP contribution in [0.2, 0.25) is 0 Å². The lowest BCUT2D eigenvalue weighted by Crippen LogP contribution is -2.27. The highest BCUT2D eigenvalue weighted by Gasteiger charge is 2.04. The Hall–Kier alpha value is -2.15. The van der Waals surface area contributed by atoms with E-state index >= 15 is 0 Å². The Kier molecular flexibility index (Phi) is 5.59. The molecular formula is C11H14N2O5. The van der Waals surface area contributed by atoms with E-state index in [4.69, 9.17) is 4.74 Å². The van der Waals surface area contributed by atoms with Crippen LogP contribution in [0.4, 0.5) is 5.69 Å². The lowest BCUT2D eigenvalue weighted by molar-refractivity contribution is -0.384. The van der Waals surface area contributed by atoms with Crippen molar-refractivity contribution in [3.8, 4) is 5.75 Å². The topological polar surface area (TPSA) is 90.7 Å². The molecule has 18 heavy (non-hydrogen) atoms. The molecule has 7 nitrogen and oxygen atoms in total. The number of nitrogens with one attached hydrogen (secondary N) is 1. The molecule has 0 aliphatic heterocycles. The van der Waals surface area contributed by atoms with Crippen LogP contribution in [0.5, 0.6) is 5.75 Å². The summed E-state index contributed by atoms with van der Waals surface area (Å²) < 4.78 is 9.76. The number of nitro groups is 1. The zero-order valence-corrected chi connectivity index (χ0v) is 9.92. The second-order valence-electron chi connectivity index (χ2n) is 3.35. The average molecular weight is 254 g/mol. The van der Waals surface area contributed by atoms with Gasteiger partial charge >= 0.3 is 5.97 Å². The van der Waals surface area contributed by atoms with Crippen LogP contribution in [0.15, 0.2) is 24.3 Å². The minimum Gasteiger partial charge on any atom is -0.492 e. The van der Waals surface area contributed by atoms with Crippen LogP contribution in [-0.2, 0) is 9.53 Å². The molecule has 0 unspecified atom stereocenters. The molecule has 0 atom stereocenters. The molecule has 1 aromatic rings. The van der Waals surface area contributed by atoms with Gasteiger partial charge in [-0.2, -0.15) is 0 Å². The van der Waals surface area contributed by atoms with E-state index in [2.05, 4.69) is 10.1 Å². The second-order valence-corrected chi connectivity index (χ2v) is 3.35. The number of non-ortho nitro benzene ring substituents is 1. The van der Waals surface area contributed by atoms with Gasteiger partial charge in [-0.1, -0.05) is 0 Å². The zero-order chi connectivity index (χ0) is 13.4. The van der Waals surface area contributed by atoms with Gasteiger partial charge in [0.25, 0.3) is 5.69 Å². The van der Waals surface area contributed by atoms with E-state index in [0.717, 1.165) is 0 Å². The van der Waals surface area contributed by atoms with Gasteiger partial charge in [0.2, 0.25) is 0 Å². The molecule has 0 aliphatic rings. The van der Waals surface area contributed by atoms with Crippen LogP contribution in [0, 0.1) is 10.1 Å². The Bertz CT molecular complexity index is 404. The fourth-order valence-corrected chi connectivity index (χ4v) is 1.17. The van der Waals surface area contributed by atoms with Crippen LogP contribution in [0.25, 0.3) is 0 Å². The monoisotopic (exact) mass is 254 g/mol. The van der Waals surface area contributed by atoms with E-state index in [1.54, 1.807) is 0 Å². The molecule has 0 bridgehead atoms. The summed E-state index contributed by atoms with van der Waals surface area (Å²) in [6, 6.07) is 5.80. The van der Waals surface area contributed by atoms with E-state index in [1.165, 1.54) is 31.4 Å². The third kappa shape index (κ3) is 4.79. The van der Waals surface area contributed by atoms with Crippen molar-refractivity contribution in [3.05, 3.63) is 34.4 Å². The van der Waals surface area contributed by atoms with Gasteiger partial charge in [0, 0.05) is 18.7 Å². The highest BCUT2D eigenvalue weighted by atomic mass is 16.6. The van der Waals surface area contributed by atoms with Crippen molar-refractivity contribution < 1.29 is 19.2 Å². The number of hydrogen-bond acceptors (Lipinski definition) is 6. The molecule has 0 radical (unpaired) electrons. The quantitative estimate of drug-likeness (QED) is 0.334. The zero-order valence-electron chi connectivity index (χ0n) is 9.92. The van der Waals surface area contributed by atoms with Crippen LogP contribution >= 0.6 is 0 Å². The molecule has 0 fully saturated rings. The second kappa shape index (κ2) is 7.23. The average Bonchev–Trinajstić information content (AvgIpc) is 2.38. The summed E-state index contributed by atoms with van der Waals surface area (Å²) in [6.45, 7) is 0.959. The maximum Gasteiger partial charge on any atom is 0.319 e. The summed E-state index contributed by atoms with van der Waals surface area (Å²) in [4.78, 5) is 20.7. The van der Waals surface area contributed by atoms with Crippen LogP contribution in [0.1, 0.15) is 0 Å². The Morgan fingerprint density at radius 2 is 2.06 bits per heavy atom. The smallest absolute Gasteiger partial charge is 0.319 e. The molecule has 0 heterocycles. The summed E-state index contributed by atoms with van der Waals surface area (Å²) >= 11 is 0. The number of hydrogen-bond donors (Lipinski definition) is 1. The predicted molar refractivity (Wildman–Crippen MR) is 63.5 cm³/mol. The SMILES string of the molecule is COC(=O)CNCCOc1ccc([N+](=O)[O-])cc1. The van der Waals surface area contributed by atoms with E-state index in [-0.39, 0.29) is 18.2 Å². The number of ether oxygens (including phenoxy) is 2. The van der Waals surface area contributed by atoms with E-state index < -0.39 is 4.92 Å². The summed E-state index contributed by atoms with van der Waals surface area (Å²) in [6.07, 6.45) is 0. The van der Waals surface area contributed by atoms with Crippen molar-refractivity contribution in [1.29, 1.82) is 0 Å². The molecule has 0 spiro atoms. The Morgan fingerprint density at radius 1 is 1.39 bits per heavy atom. The van der Waals surface area contributed by atoms with Gasteiger partial charge in [0.1, 0.15) is 12.4 Å². The first-order valence-electron chi connectivity index (χ1n) is 5.28. The number of nitrogens with zero attached hydrogens (tertiary/aromatic N) is 1.